The standard InChI is InChI=1S/2C14H24N2/c2*1-3-12(2)9-10-16-14(11-15)13-7-5-4-6-8-13/h2*4-8,12,14,16H,3,9-11,15H2,1-2H3. The van der Waals surface area contributed by atoms with Crippen molar-refractivity contribution in [3.63, 3.8) is 0 Å². The predicted octanol–water partition coefficient (Wildman–Crippen LogP) is 5.42. The van der Waals surface area contributed by atoms with Gasteiger partial charge in [-0.15, -0.1) is 0 Å². The van der Waals surface area contributed by atoms with Gasteiger partial charge in [0, 0.05) is 25.2 Å². The molecule has 0 saturated heterocycles. The van der Waals surface area contributed by atoms with Crippen LogP contribution in [0.5, 0.6) is 0 Å². The Labute approximate surface area is 197 Å². The van der Waals surface area contributed by atoms with Gasteiger partial charge in [-0.05, 0) is 48.9 Å². The lowest BCUT2D eigenvalue weighted by atomic mass is 10.0. The van der Waals surface area contributed by atoms with Crippen LogP contribution in [0, 0.1) is 11.8 Å². The highest BCUT2D eigenvalue weighted by molar-refractivity contribution is 5.19. The number of benzene rings is 2. The van der Waals surface area contributed by atoms with Crippen molar-refractivity contribution < 1.29 is 0 Å². The first kappa shape index (κ1) is 28.3. The molecule has 0 aliphatic heterocycles. The highest BCUT2D eigenvalue weighted by Crippen LogP contribution is 2.13. The molecular formula is C28H48N4. The summed E-state index contributed by atoms with van der Waals surface area (Å²) in [7, 11) is 0. The van der Waals surface area contributed by atoms with Gasteiger partial charge in [0.25, 0.3) is 0 Å². The van der Waals surface area contributed by atoms with Crippen LogP contribution in [-0.4, -0.2) is 26.2 Å². The van der Waals surface area contributed by atoms with E-state index in [-0.39, 0.29) is 0 Å². The van der Waals surface area contributed by atoms with E-state index in [0.29, 0.717) is 25.2 Å². The Morgan fingerprint density at radius 3 is 1.25 bits per heavy atom. The van der Waals surface area contributed by atoms with Crippen LogP contribution in [0.3, 0.4) is 0 Å². The van der Waals surface area contributed by atoms with Gasteiger partial charge in [-0.2, -0.15) is 0 Å². The molecule has 4 unspecified atom stereocenters. The lowest BCUT2D eigenvalue weighted by molar-refractivity contribution is 0.454. The number of nitrogens with two attached hydrogens (primary N) is 2. The van der Waals surface area contributed by atoms with Crippen LogP contribution in [-0.2, 0) is 0 Å². The molecule has 0 heterocycles. The van der Waals surface area contributed by atoms with E-state index in [1.807, 2.05) is 12.1 Å². The van der Waals surface area contributed by atoms with E-state index in [9.17, 15) is 0 Å². The molecule has 0 radical (unpaired) electrons. The van der Waals surface area contributed by atoms with Crippen LogP contribution < -0.4 is 22.1 Å². The van der Waals surface area contributed by atoms with Crippen molar-refractivity contribution in [3.8, 4) is 0 Å². The van der Waals surface area contributed by atoms with Crippen LogP contribution in [0.15, 0.2) is 60.7 Å². The van der Waals surface area contributed by atoms with E-state index in [1.54, 1.807) is 0 Å². The second-order valence-corrected chi connectivity index (χ2v) is 8.91. The molecule has 4 atom stereocenters. The first-order valence-electron chi connectivity index (χ1n) is 12.5. The Balaban J connectivity index is 0.000000320. The highest BCUT2D eigenvalue weighted by atomic mass is 14.9. The molecule has 2 rings (SSSR count). The van der Waals surface area contributed by atoms with Crippen LogP contribution in [0.2, 0.25) is 0 Å². The molecule has 2 aromatic carbocycles. The molecule has 0 bridgehead atoms. The minimum absolute atomic E-state index is 0.297. The topological polar surface area (TPSA) is 76.1 Å². The summed E-state index contributed by atoms with van der Waals surface area (Å²) in [5.74, 6) is 1.59. The van der Waals surface area contributed by atoms with E-state index < -0.39 is 0 Å². The molecule has 0 saturated carbocycles. The smallest absolute Gasteiger partial charge is 0.0444 e. The van der Waals surface area contributed by atoms with Crippen LogP contribution in [0.1, 0.15) is 76.6 Å². The third-order valence-corrected chi connectivity index (χ3v) is 6.32. The molecule has 32 heavy (non-hydrogen) atoms. The highest BCUT2D eigenvalue weighted by Gasteiger charge is 2.09. The van der Waals surface area contributed by atoms with Crippen molar-refractivity contribution in [2.75, 3.05) is 26.2 Å². The van der Waals surface area contributed by atoms with Crippen molar-refractivity contribution in [2.24, 2.45) is 23.3 Å². The van der Waals surface area contributed by atoms with Gasteiger partial charge in [0.1, 0.15) is 0 Å². The first-order valence-corrected chi connectivity index (χ1v) is 12.5. The monoisotopic (exact) mass is 440 g/mol. The Kier molecular flexibility index (Phi) is 15.7. The lowest BCUT2D eigenvalue weighted by Gasteiger charge is -2.18. The van der Waals surface area contributed by atoms with Crippen LogP contribution in [0.4, 0.5) is 0 Å². The van der Waals surface area contributed by atoms with Gasteiger partial charge in [-0.1, -0.05) is 101 Å². The summed E-state index contributed by atoms with van der Waals surface area (Å²) in [6.07, 6.45) is 4.94. The van der Waals surface area contributed by atoms with Gasteiger partial charge in [0.15, 0.2) is 0 Å². The minimum Gasteiger partial charge on any atom is -0.329 e. The summed E-state index contributed by atoms with van der Waals surface area (Å²) in [4.78, 5) is 0. The Morgan fingerprint density at radius 1 is 0.625 bits per heavy atom. The number of hydrogen-bond donors (Lipinski definition) is 4. The molecule has 0 aliphatic rings. The van der Waals surface area contributed by atoms with E-state index in [1.165, 1.54) is 36.8 Å². The molecule has 6 N–H and O–H groups in total. The summed E-state index contributed by atoms with van der Waals surface area (Å²) < 4.78 is 0. The third kappa shape index (κ3) is 11.8. The number of hydrogen-bond acceptors (Lipinski definition) is 4. The number of rotatable bonds is 14. The normalized spacial score (nSPS) is 14.7. The van der Waals surface area contributed by atoms with Gasteiger partial charge >= 0.3 is 0 Å². The van der Waals surface area contributed by atoms with Crippen molar-refractivity contribution in [1.29, 1.82) is 0 Å². The molecule has 0 aromatic heterocycles. The minimum atomic E-state index is 0.297. The molecule has 0 spiro atoms. The predicted molar refractivity (Wildman–Crippen MR) is 141 cm³/mol. The van der Waals surface area contributed by atoms with Gasteiger partial charge in [-0.3, -0.25) is 0 Å². The average Bonchev–Trinajstić information content (AvgIpc) is 2.85. The lowest BCUT2D eigenvalue weighted by Crippen LogP contribution is -2.29. The molecule has 4 heteroatoms. The fourth-order valence-electron chi connectivity index (χ4n) is 3.46. The van der Waals surface area contributed by atoms with Gasteiger partial charge < -0.3 is 22.1 Å². The maximum Gasteiger partial charge on any atom is 0.0444 e. The van der Waals surface area contributed by atoms with E-state index in [2.05, 4.69) is 86.9 Å². The molecule has 180 valence electrons. The quantitative estimate of drug-likeness (QED) is 0.316. The largest absolute Gasteiger partial charge is 0.329 e. The Hall–Kier alpha value is -1.72. The maximum atomic E-state index is 5.79. The average molecular weight is 441 g/mol. The summed E-state index contributed by atoms with van der Waals surface area (Å²) in [5.41, 5.74) is 14.2. The maximum absolute atomic E-state index is 5.79. The third-order valence-electron chi connectivity index (χ3n) is 6.32. The zero-order valence-corrected chi connectivity index (χ0v) is 20.9. The second-order valence-electron chi connectivity index (χ2n) is 8.91. The fourth-order valence-corrected chi connectivity index (χ4v) is 3.46. The summed E-state index contributed by atoms with van der Waals surface area (Å²) in [5, 5.41) is 7.05. The van der Waals surface area contributed by atoms with Crippen molar-refractivity contribution >= 4 is 0 Å². The first-order chi connectivity index (χ1) is 15.5. The second kappa shape index (κ2) is 17.8. The van der Waals surface area contributed by atoms with Gasteiger partial charge in [0.2, 0.25) is 0 Å². The summed E-state index contributed by atoms with van der Waals surface area (Å²) in [6.45, 7) is 12.5. The number of nitrogens with one attached hydrogen (secondary N) is 2. The van der Waals surface area contributed by atoms with E-state index >= 15 is 0 Å². The molecule has 0 amide bonds. The summed E-state index contributed by atoms with van der Waals surface area (Å²) >= 11 is 0. The molecule has 4 nitrogen and oxygen atoms in total. The molecule has 0 aliphatic carbocycles. The molecule has 0 fully saturated rings. The van der Waals surface area contributed by atoms with E-state index in [0.717, 1.165) is 24.9 Å². The van der Waals surface area contributed by atoms with Gasteiger partial charge in [0.05, 0.1) is 0 Å². The van der Waals surface area contributed by atoms with Crippen molar-refractivity contribution in [3.05, 3.63) is 71.8 Å². The van der Waals surface area contributed by atoms with Crippen molar-refractivity contribution in [2.45, 2.75) is 65.5 Å². The SMILES string of the molecule is CCC(C)CCNC(CN)c1ccccc1.CCC(C)CCNC(CN)c1ccccc1. The zero-order valence-electron chi connectivity index (χ0n) is 20.9. The fraction of sp³-hybridized carbons (Fsp3) is 0.571. The van der Waals surface area contributed by atoms with Crippen molar-refractivity contribution in [1.82, 2.24) is 10.6 Å². The molecule has 2 aromatic rings. The Morgan fingerprint density at radius 2 is 0.969 bits per heavy atom. The van der Waals surface area contributed by atoms with E-state index in [4.69, 9.17) is 11.5 Å². The molecular weight excluding hydrogens is 392 g/mol. The zero-order chi connectivity index (χ0) is 23.6. The van der Waals surface area contributed by atoms with Gasteiger partial charge in [-0.25, -0.2) is 0 Å². The Bertz CT molecular complexity index is 602. The van der Waals surface area contributed by atoms with Crippen LogP contribution in [0.25, 0.3) is 0 Å². The summed E-state index contributed by atoms with van der Waals surface area (Å²) in [6, 6.07) is 21.5. The van der Waals surface area contributed by atoms with Crippen LogP contribution >= 0.6 is 0 Å².